The fourth-order valence-corrected chi connectivity index (χ4v) is 1.84. The normalized spacial score (nSPS) is 10.1. The monoisotopic (exact) mass is 258 g/mol. The number of hydrogen-bond donors (Lipinski definition) is 3. The molecular formula is C14H10O5. The van der Waals surface area contributed by atoms with E-state index in [1.165, 1.54) is 12.1 Å². The predicted molar refractivity (Wildman–Crippen MR) is 67.5 cm³/mol. The third kappa shape index (κ3) is 2.26. The van der Waals surface area contributed by atoms with Crippen molar-refractivity contribution in [1.82, 2.24) is 0 Å². The maximum absolute atomic E-state index is 11.2. The highest BCUT2D eigenvalue weighted by Crippen LogP contribution is 2.33. The molecule has 2 rings (SSSR count). The molecule has 0 fully saturated rings. The Labute approximate surface area is 108 Å². The lowest BCUT2D eigenvalue weighted by Gasteiger charge is -2.10. The van der Waals surface area contributed by atoms with Crippen LogP contribution < -0.4 is 0 Å². The highest BCUT2D eigenvalue weighted by molar-refractivity contribution is 6.03. The van der Waals surface area contributed by atoms with E-state index in [1.54, 1.807) is 30.3 Å². The summed E-state index contributed by atoms with van der Waals surface area (Å²) in [7, 11) is 0. The molecule has 0 aliphatic heterocycles. The third-order valence-corrected chi connectivity index (χ3v) is 2.71. The second kappa shape index (κ2) is 4.81. The molecule has 5 nitrogen and oxygen atoms in total. The molecule has 0 amide bonds. The summed E-state index contributed by atoms with van der Waals surface area (Å²) in [5.41, 5.74) is 0.0194. The highest BCUT2D eigenvalue weighted by Gasteiger charge is 2.22. The number of carboxylic acid groups (broad SMARTS) is 2. The molecule has 0 heterocycles. The predicted octanol–water partition coefficient (Wildman–Crippen LogP) is 2.46. The standard InChI is InChI=1S/C14H10O5/c15-12-10(13(16)17)7-6-9(11(12)14(18)19)8-4-2-1-3-5-8/h1-7,15H,(H,16,17)(H,18,19). The van der Waals surface area contributed by atoms with Gasteiger partial charge in [0.2, 0.25) is 0 Å². The lowest BCUT2D eigenvalue weighted by molar-refractivity contribution is 0.0692. The molecule has 0 bridgehead atoms. The Bertz CT molecular complexity index is 646. The molecule has 0 spiro atoms. The van der Waals surface area contributed by atoms with Gasteiger partial charge >= 0.3 is 11.9 Å². The smallest absolute Gasteiger partial charge is 0.340 e. The fraction of sp³-hybridized carbons (Fsp3) is 0. The summed E-state index contributed by atoms with van der Waals surface area (Å²) in [6.07, 6.45) is 0. The highest BCUT2D eigenvalue weighted by atomic mass is 16.4. The second-order valence-corrected chi connectivity index (χ2v) is 3.86. The molecule has 0 saturated carbocycles. The van der Waals surface area contributed by atoms with Crippen LogP contribution >= 0.6 is 0 Å². The van der Waals surface area contributed by atoms with Crippen LogP contribution in [0.25, 0.3) is 11.1 Å². The van der Waals surface area contributed by atoms with Crippen molar-refractivity contribution in [3.63, 3.8) is 0 Å². The zero-order valence-corrected chi connectivity index (χ0v) is 9.70. The van der Waals surface area contributed by atoms with Crippen LogP contribution in [0, 0.1) is 0 Å². The summed E-state index contributed by atoms with van der Waals surface area (Å²) >= 11 is 0. The Morgan fingerprint density at radius 3 is 2.00 bits per heavy atom. The number of carboxylic acids is 2. The van der Waals surface area contributed by atoms with Gasteiger partial charge in [0.05, 0.1) is 0 Å². The van der Waals surface area contributed by atoms with E-state index in [9.17, 15) is 14.7 Å². The summed E-state index contributed by atoms with van der Waals surface area (Å²) in [6, 6.07) is 11.2. The van der Waals surface area contributed by atoms with Gasteiger partial charge in [0.1, 0.15) is 16.9 Å². The van der Waals surface area contributed by atoms with Crippen LogP contribution in [0.5, 0.6) is 5.75 Å². The Morgan fingerprint density at radius 2 is 1.47 bits per heavy atom. The summed E-state index contributed by atoms with van der Waals surface area (Å²) in [4.78, 5) is 22.1. The van der Waals surface area contributed by atoms with Crippen LogP contribution in [0.3, 0.4) is 0 Å². The second-order valence-electron chi connectivity index (χ2n) is 3.86. The minimum Gasteiger partial charge on any atom is -0.506 e. The minimum absolute atomic E-state index is 0.274. The van der Waals surface area contributed by atoms with Crippen molar-refractivity contribution in [2.75, 3.05) is 0 Å². The van der Waals surface area contributed by atoms with E-state index in [0.717, 1.165) is 0 Å². The van der Waals surface area contributed by atoms with Gasteiger partial charge in [0, 0.05) is 0 Å². The van der Waals surface area contributed by atoms with E-state index in [2.05, 4.69) is 0 Å². The maximum Gasteiger partial charge on any atom is 0.340 e. The molecule has 5 heteroatoms. The molecule has 19 heavy (non-hydrogen) atoms. The van der Waals surface area contributed by atoms with Gasteiger partial charge in [0.25, 0.3) is 0 Å². The van der Waals surface area contributed by atoms with E-state index in [-0.39, 0.29) is 5.56 Å². The van der Waals surface area contributed by atoms with Crippen molar-refractivity contribution in [2.24, 2.45) is 0 Å². The Morgan fingerprint density at radius 1 is 0.842 bits per heavy atom. The van der Waals surface area contributed by atoms with Crippen molar-refractivity contribution < 1.29 is 24.9 Å². The number of aromatic hydroxyl groups is 1. The van der Waals surface area contributed by atoms with Crippen molar-refractivity contribution in [2.45, 2.75) is 0 Å². The largest absolute Gasteiger partial charge is 0.506 e. The molecule has 2 aromatic rings. The molecule has 0 saturated heterocycles. The van der Waals surface area contributed by atoms with Gasteiger partial charge in [-0.2, -0.15) is 0 Å². The maximum atomic E-state index is 11.2. The zero-order chi connectivity index (χ0) is 14.0. The van der Waals surface area contributed by atoms with Crippen LogP contribution in [-0.2, 0) is 0 Å². The summed E-state index contributed by atoms with van der Waals surface area (Å²) in [5.74, 6) is -3.49. The van der Waals surface area contributed by atoms with Gasteiger partial charge in [-0.15, -0.1) is 0 Å². The van der Waals surface area contributed by atoms with Gasteiger partial charge in [-0.25, -0.2) is 9.59 Å². The Balaban J connectivity index is 2.73. The van der Waals surface area contributed by atoms with E-state index in [4.69, 9.17) is 10.2 Å². The number of phenols is 1. The molecule has 0 aliphatic carbocycles. The van der Waals surface area contributed by atoms with Crippen LogP contribution in [0.15, 0.2) is 42.5 Å². The number of rotatable bonds is 3. The molecule has 2 aromatic carbocycles. The topological polar surface area (TPSA) is 94.8 Å². The van der Waals surface area contributed by atoms with Gasteiger partial charge in [-0.3, -0.25) is 0 Å². The average Bonchev–Trinajstić information content (AvgIpc) is 2.38. The first-order chi connectivity index (χ1) is 9.02. The summed E-state index contributed by atoms with van der Waals surface area (Å²) in [6.45, 7) is 0. The van der Waals surface area contributed by atoms with Crippen molar-refractivity contribution >= 4 is 11.9 Å². The first-order valence-electron chi connectivity index (χ1n) is 5.40. The van der Waals surface area contributed by atoms with E-state index >= 15 is 0 Å². The third-order valence-electron chi connectivity index (χ3n) is 2.71. The fourth-order valence-electron chi connectivity index (χ4n) is 1.84. The van der Waals surface area contributed by atoms with Crippen molar-refractivity contribution in [3.8, 4) is 16.9 Å². The Kier molecular flexibility index (Phi) is 3.20. The number of aromatic carboxylic acids is 2. The lowest BCUT2D eigenvalue weighted by Crippen LogP contribution is -2.05. The van der Waals surface area contributed by atoms with E-state index < -0.39 is 28.8 Å². The number of hydrogen-bond acceptors (Lipinski definition) is 3. The van der Waals surface area contributed by atoms with Crippen LogP contribution in [0.1, 0.15) is 20.7 Å². The first-order valence-corrected chi connectivity index (χ1v) is 5.40. The van der Waals surface area contributed by atoms with Gasteiger partial charge in [0.15, 0.2) is 0 Å². The van der Waals surface area contributed by atoms with Gasteiger partial charge < -0.3 is 15.3 Å². The SMILES string of the molecule is O=C(O)c1ccc(-c2ccccc2)c(C(=O)O)c1O. The van der Waals surface area contributed by atoms with Gasteiger partial charge in [-0.1, -0.05) is 36.4 Å². The Hall–Kier alpha value is -2.82. The van der Waals surface area contributed by atoms with E-state index in [1.807, 2.05) is 0 Å². The first kappa shape index (κ1) is 12.6. The molecule has 0 unspecified atom stereocenters. The number of benzene rings is 2. The quantitative estimate of drug-likeness (QED) is 0.786. The average molecular weight is 258 g/mol. The molecule has 0 atom stereocenters. The lowest BCUT2D eigenvalue weighted by atomic mass is 9.96. The van der Waals surface area contributed by atoms with Crippen LogP contribution in [-0.4, -0.2) is 27.3 Å². The van der Waals surface area contributed by atoms with Crippen LogP contribution in [0.4, 0.5) is 0 Å². The molecule has 0 radical (unpaired) electrons. The summed E-state index contributed by atoms with van der Waals surface area (Å²) in [5, 5.41) is 27.9. The molecule has 0 aliphatic rings. The van der Waals surface area contributed by atoms with E-state index in [0.29, 0.717) is 5.56 Å². The molecule has 96 valence electrons. The summed E-state index contributed by atoms with van der Waals surface area (Å²) < 4.78 is 0. The van der Waals surface area contributed by atoms with Crippen LogP contribution in [0.2, 0.25) is 0 Å². The molecule has 0 aromatic heterocycles. The van der Waals surface area contributed by atoms with Crippen molar-refractivity contribution in [1.29, 1.82) is 0 Å². The minimum atomic E-state index is -1.38. The molecule has 3 N–H and O–H groups in total. The number of carbonyl (C=O) groups is 2. The zero-order valence-electron chi connectivity index (χ0n) is 9.70. The van der Waals surface area contributed by atoms with Crippen molar-refractivity contribution in [3.05, 3.63) is 53.6 Å². The molecular weight excluding hydrogens is 248 g/mol. The van der Waals surface area contributed by atoms with Gasteiger partial charge in [-0.05, 0) is 17.2 Å².